The third kappa shape index (κ3) is 3.89. The molecule has 8 heteroatoms. The minimum Gasteiger partial charge on any atom is -0.448 e. The molecule has 2 aromatic heterocycles. The van der Waals surface area contributed by atoms with Gasteiger partial charge in [-0.2, -0.15) is 5.10 Å². The monoisotopic (exact) mass is 403 g/mol. The lowest BCUT2D eigenvalue weighted by Gasteiger charge is -2.11. The molecule has 3 rings (SSSR count). The number of nitrogens with zero attached hydrogens (tertiary/aromatic N) is 2. The lowest BCUT2D eigenvalue weighted by atomic mass is 10.3. The molecule has 3 aromatic rings. The molecule has 0 aliphatic rings. The van der Waals surface area contributed by atoms with Crippen molar-refractivity contribution in [2.75, 3.05) is 6.54 Å². The van der Waals surface area contributed by atoms with Gasteiger partial charge >= 0.3 is 5.97 Å². The molecule has 1 unspecified atom stereocenters. The fourth-order valence-corrected chi connectivity index (χ4v) is 3.80. The lowest BCUT2D eigenvalue weighted by Crippen LogP contribution is -2.35. The Labute approximate surface area is 165 Å². The van der Waals surface area contributed by atoms with Gasteiger partial charge in [-0.1, -0.05) is 29.8 Å². The second-order valence-corrected chi connectivity index (χ2v) is 7.30. The molecular weight excluding hydrogens is 386 g/mol. The molecule has 140 valence electrons. The van der Waals surface area contributed by atoms with Crippen LogP contribution in [0.1, 0.15) is 22.3 Å². The number of hydrogen-bond donors (Lipinski definition) is 1. The maximum Gasteiger partial charge on any atom is 0.349 e. The minimum atomic E-state index is -0.899. The van der Waals surface area contributed by atoms with Crippen LogP contribution in [0.2, 0.25) is 5.02 Å². The Morgan fingerprint density at radius 1 is 1.44 bits per heavy atom. The molecule has 1 amide bonds. The molecule has 1 aromatic carbocycles. The number of hydrogen-bond acceptors (Lipinski definition) is 5. The molecule has 0 aliphatic carbocycles. The molecule has 1 N–H and O–H groups in total. The molecule has 27 heavy (non-hydrogen) atoms. The normalized spacial score (nSPS) is 12.0. The van der Waals surface area contributed by atoms with E-state index in [0.29, 0.717) is 16.4 Å². The van der Waals surface area contributed by atoms with Gasteiger partial charge in [0.2, 0.25) is 0 Å². The van der Waals surface area contributed by atoms with Crippen LogP contribution in [-0.4, -0.2) is 34.3 Å². The second-order valence-electron chi connectivity index (χ2n) is 5.86. The molecule has 6 nitrogen and oxygen atoms in total. The topological polar surface area (TPSA) is 73.2 Å². The number of carbonyl (C=O) groups excluding carboxylic acids is 2. The summed E-state index contributed by atoms with van der Waals surface area (Å²) in [6.45, 7) is 7.24. The highest BCUT2D eigenvalue weighted by Gasteiger charge is 2.22. The number of aryl methyl sites for hydroxylation is 1. The van der Waals surface area contributed by atoms with Gasteiger partial charge in [0, 0.05) is 11.9 Å². The quantitative estimate of drug-likeness (QED) is 0.500. The van der Waals surface area contributed by atoms with Gasteiger partial charge in [0.15, 0.2) is 6.10 Å². The van der Waals surface area contributed by atoms with Gasteiger partial charge in [0.05, 0.1) is 16.4 Å². The van der Waals surface area contributed by atoms with E-state index in [1.165, 1.54) is 18.3 Å². The van der Waals surface area contributed by atoms with Crippen molar-refractivity contribution < 1.29 is 14.3 Å². The Balaban J connectivity index is 1.88. The van der Waals surface area contributed by atoms with Gasteiger partial charge in [-0.05, 0) is 32.0 Å². The smallest absolute Gasteiger partial charge is 0.349 e. The van der Waals surface area contributed by atoms with Crippen LogP contribution in [0.3, 0.4) is 0 Å². The number of esters is 1. The number of carbonyl (C=O) groups is 2. The Kier molecular flexibility index (Phi) is 5.62. The van der Waals surface area contributed by atoms with E-state index >= 15 is 0 Å². The zero-order valence-electron chi connectivity index (χ0n) is 14.9. The van der Waals surface area contributed by atoms with Gasteiger partial charge in [-0.25, -0.2) is 9.48 Å². The zero-order chi connectivity index (χ0) is 19.6. The highest BCUT2D eigenvalue weighted by atomic mass is 35.5. The molecule has 0 aliphatic heterocycles. The number of thiophene rings is 1. The van der Waals surface area contributed by atoms with E-state index in [4.69, 9.17) is 16.3 Å². The maximum absolute atomic E-state index is 12.5. The van der Waals surface area contributed by atoms with Crippen LogP contribution in [0.4, 0.5) is 0 Å². The van der Waals surface area contributed by atoms with Crippen LogP contribution < -0.4 is 5.32 Å². The van der Waals surface area contributed by atoms with E-state index in [1.54, 1.807) is 22.9 Å². The van der Waals surface area contributed by atoms with Crippen LogP contribution in [0, 0.1) is 6.92 Å². The Hall–Kier alpha value is -2.64. The summed E-state index contributed by atoms with van der Waals surface area (Å²) >= 11 is 7.53. The van der Waals surface area contributed by atoms with E-state index < -0.39 is 12.1 Å². The fraction of sp³-hybridized carbons (Fsp3) is 0.211. The maximum atomic E-state index is 12.5. The van der Waals surface area contributed by atoms with Crippen molar-refractivity contribution in [2.24, 2.45) is 0 Å². The highest BCUT2D eigenvalue weighted by molar-refractivity contribution is 7.20. The van der Waals surface area contributed by atoms with Crippen molar-refractivity contribution in [1.82, 2.24) is 15.1 Å². The van der Waals surface area contributed by atoms with Crippen LogP contribution in [-0.2, 0) is 9.53 Å². The zero-order valence-corrected chi connectivity index (χ0v) is 16.4. The summed E-state index contributed by atoms with van der Waals surface area (Å²) in [6.07, 6.45) is 0.658. The molecule has 1 atom stereocenters. The van der Waals surface area contributed by atoms with Crippen LogP contribution >= 0.6 is 22.9 Å². The number of nitrogens with one attached hydrogen (secondary N) is 1. The number of rotatable bonds is 6. The average molecular weight is 404 g/mol. The van der Waals surface area contributed by atoms with E-state index in [-0.39, 0.29) is 5.91 Å². The van der Waals surface area contributed by atoms with Gasteiger partial charge in [0.25, 0.3) is 5.91 Å². The van der Waals surface area contributed by atoms with E-state index in [2.05, 4.69) is 17.0 Å². The number of halogens is 1. The second kappa shape index (κ2) is 7.94. The molecule has 0 saturated heterocycles. The SMILES string of the molecule is C=CCNC(=O)C(C)OC(=O)c1cc2c(C)nn(-c3ccccc3Cl)c2s1. The van der Waals surface area contributed by atoms with E-state index in [0.717, 1.165) is 21.6 Å². The summed E-state index contributed by atoms with van der Waals surface area (Å²) < 4.78 is 6.99. The highest BCUT2D eigenvalue weighted by Crippen LogP contribution is 2.32. The third-order valence-corrected chi connectivity index (χ3v) is 5.31. The Bertz CT molecular complexity index is 1020. The van der Waals surface area contributed by atoms with Gasteiger partial charge < -0.3 is 10.1 Å². The average Bonchev–Trinajstić information content (AvgIpc) is 3.21. The van der Waals surface area contributed by atoms with E-state index in [9.17, 15) is 9.59 Å². The first-order valence-electron chi connectivity index (χ1n) is 8.26. The minimum absolute atomic E-state index is 0.316. The number of ether oxygens (including phenoxy) is 1. The standard InChI is InChI=1S/C19H18ClN3O3S/c1-4-9-21-17(24)12(3)26-19(25)16-10-13-11(2)22-23(18(13)27-16)15-8-6-5-7-14(15)20/h4-8,10,12H,1,9H2,2-3H3,(H,21,24). The number of amides is 1. The Morgan fingerprint density at radius 2 is 2.19 bits per heavy atom. The number of benzene rings is 1. The summed E-state index contributed by atoms with van der Waals surface area (Å²) in [5.41, 5.74) is 1.51. The summed E-state index contributed by atoms with van der Waals surface area (Å²) in [5, 5.41) is 8.52. The van der Waals surface area contributed by atoms with Crippen molar-refractivity contribution >= 4 is 45.0 Å². The summed E-state index contributed by atoms with van der Waals surface area (Å²) in [4.78, 5) is 25.5. The fourth-order valence-electron chi connectivity index (χ4n) is 2.52. The van der Waals surface area contributed by atoms with Crippen LogP contribution in [0.25, 0.3) is 15.9 Å². The first-order valence-corrected chi connectivity index (χ1v) is 9.45. The first kappa shape index (κ1) is 19.1. The van der Waals surface area contributed by atoms with Gasteiger partial charge in [-0.3, -0.25) is 4.79 Å². The number of aromatic nitrogens is 2. The molecule has 2 heterocycles. The largest absolute Gasteiger partial charge is 0.448 e. The van der Waals surface area contributed by atoms with Crippen molar-refractivity contribution in [1.29, 1.82) is 0 Å². The van der Waals surface area contributed by atoms with Crippen molar-refractivity contribution in [3.8, 4) is 5.69 Å². The summed E-state index contributed by atoms with van der Waals surface area (Å²) in [5.74, 6) is -0.926. The lowest BCUT2D eigenvalue weighted by molar-refractivity contribution is -0.128. The Morgan fingerprint density at radius 3 is 2.89 bits per heavy atom. The first-order chi connectivity index (χ1) is 12.9. The molecule has 0 radical (unpaired) electrons. The van der Waals surface area contributed by atoms with Crippen molar-refractivity contribution in [3.05, 3.63) is 58.6 Å². The number of para-hydroxylation sites is 1. The van der Waals surface area contributed by atoms with Crippen molar-refractivity contribution in [3.63, 3.8) is 0 Å². The third-order valence-electron chi connectivity index (χ3n) is 3.90. The van der Waals surface area contributed by atoms with Crippen LogP contribution in [0.5, 0.6) is 0 Å². The summed E-state index contributed by atoms with van der Waals surface area (Å²) in [7, 11) is 0. The predicted octanol–water partition coefficient (Wildman–Crippen LogP) is 3.90. The van der Waals surface area contributed by atoms with Crippen molar-refractivity contribution in [2.45, 2.75) is 20.0 Å². The number of fused-ring (bicyclic) bond motifs is 1. The molecule has 0 saturated carbocycles. The van der Waals surface area contributed by atoms with Gasteiger partial charge in [0.1, 0.15) is 9.71 Å². The summed E-state index contributed by atoms with van der Waals surface area (Å²) in [6, 6.07) is 9.09. The van der Waals surface area contributed by atoms with Gasteiger partial charge in [-0.15, -0.1) is 17.9 Å². The molecule has 0 spiro atoms. The van der Waals surface area contributed by atoms with E-state index in [1.807, 2.05) is 25.1 Å². The predicted molar refractivity (Wildman–Crippen MR) is 107 cm³/mol. The molecule has 0 fully saturated rings. The van der Waals surface area contributed by atoms with Crippen LogP contribution in [0.15, 0.2) is 43.0 Å². The molecular formula is C19H18ClN3O3S. The molecule has 0 bridgehead atoms.